The number of aliphatic hydroxyl groups excluding tert-OH is 2. The number of carbonyl (C=O) groups is 2. The first-order valence-corrected chi connectivity index (χ1v) is 24.8. The van der Waals surface area contributed by atoms with Crippen molar-refractivity contribution in [1.29, 1.82) is 0 Å². The van der Waals surface area contributed by atoms with E-state index in [1.807, 2.05) is 42.5 Å². The summed E-state index contributed by atoms with van der Waals surface area (Å²) < 4.78 is 47.7. The fourth-order valence-corrected chi connectivity index (χ4v) is 6.46. The molecule has 0 heterocycles. The number of phosphoric acid groups is 2. The van der Waals surface area contributed by atoms with E-state index in [0.29, 0.717) is 19.3 Å². The van der Waals surface area contributed by atoms with Gasteiger partial charge in [-0.3, -0.25) is 23.2 Å². The first kappa shape index (κ1) is 57.5. The summed E-state index contributed by atoms with van der Waals surface area (Å²) in [6.45, 7) is 1.50. The minimum Gasteiger partial charge on any atom is -0.462 e. The summed E-state index contributed by atoms with van der Waals surface area (Å²) in [6.07, 6.45) is 39.4. The number of rotatable bonds is 40. The van der Waals surface area contributed by atoms with E-state index in [1.54, 1.807) is 6.08 Å². The molecule has 0 amide bonds. The van der Waals surface area contributed by atoms with Gasteiger partial charge in [-0.15, -0.1) is 0 Å². The number of ether oxygens (including phenoxy) is 2. The molecule has 0 rings (SSSR count). The molecule has 60 heavy (non-hydrogen) atoms. The lowest BCUT2D eigenvalue weighted by Crippen LogP contribution is -2.30. The van der Waals surface area contributed by atoms with Gasteiger partial charge in [0.15, 0.2) is 6.10 Å². The van der Waals surface area contributed by atoms with Crippen LogP contribution < -0.4 is 0 Å². The fourth-order valence-electron chi connectivity index (χ4n) is 5.30. The molecular formula is C44H76O14P2. The van der Waals surface area contributed by atoms with Crippen LogP contribution in [0.3, 0.4) is 0 Å². The van der Waals surface area contributed by atoms with E-state index in [2.05, 4.69) is 47.2 Å². The molecule has 0 aliphatic rings. The molecule has 0 aliphatic heterocycles. The van der Waals surface area contributed by atoms with E-state index >= 15 is 0 Å². The van der Waals surface area contributed by atoms with Crippen LogP contribution in [0.1, 0.15) is 149 Å². The molecule has 0 saturated carbocycles. The van der Waals surface area contributed by atoms with Gasteiger partial charge in [-0.25, -0.2) is 9.13 Å². The highest BCUT2D eigenvalue weighted by Gasteiger charge is 2.28. The number of esters is 2. The molecule has 0 aromatic rings. The van der Waals surface area contributed by atoms with Gasteiger partial charge in [0.2, 0.25) is 0 Å². The summed E-state index contributed by atoms with van der Waals surface area (Å²) in [5.41, 5.74) is 0. The Kier molecular flexibility index (Phi) is 37.7. The summed E-state index contributed by atoms with van der Waals surface area (Å²) in [4.78, 5) is 52.6. The Bertz CT molecular complexity index is 1350. The number of allylic oxidation sites excluding steroid dienone is 11. The Hall–Kier alpha value is -2.48. The maximum Gasteiger partial charge on any atom is 0.472 e. The van der Waals surface area contributed by atoms with Crippen molar-refractivity contribution in [2.24, 2.45) is 0 Å². The lowest BCUT2D eigenvalue weighted by atomic mass is 10.1. The van der Waals surface area contributed by atoms with Gasteiger partial charge < -0.3 is 34.4 Å². The first-order chi connectivity index (χ1) is 28.8. The summed E-state index contributed by atoms with van der Waals surface area (Å²) in [5, 5.41) is 19.6. The average Bonchev–Trinajstić information content (AvgIpc) is 3.20. The topological polar surface area (TPSA) is 216 Å². The maximum absolute atomic E-state index is 12.6. The number of aliphatic hydroxyl groups is 2. The molecule has 0 radical (unpaired) electrons. The lowest BCUT2D eigenvalue weighted by molar-refractivity contribution is -0.161. The van der Waals surface area contributed by atoms with Crippen molar-refractivity contribution in [1.82, 2.24) is 0 Å². The summed E-state index contributed by atoms with van der Waals surface area (Å²) in [6, 6.07) is 0. The van der Waals surface area contributed by atoms with E-state index < -0.39 is 72.3 Å². The predicted molar refractivity (Wildman–Crippen MR) is 236 cm³/mol. The summed E-state index contributed by atoms with van der Waals surface area (Å²) in [7, 11) is -9.71. The molecule has 0 bridgehead atoms. The van der Waals surface area contributed by atoms with E-state index in [9.17, 15) is 33.8 Å². The Labute approximate surface area is 359 Å². The summed E-state index contributed by atoms with van der Waals surface area (Å²) in [5.74, 6) is -1.15. The minimum atomic E-state index is -4.88. The van der Waals surface area contributed by atoms with Gasteiger partial charge in [-0.05, 0) is 70.6 Å². The quantitative estimate of drug-likeness (QED) is 0.0127. The predicted octanol–water partition coefficient (Wildman–Crippen LogP) is 9.98. The third kappa shape index (κ3) is 42.2. The van der Waals surface area contributed by atoms with Crippen LogP contribution in [-0.4, -0.2) is 81.6 Å². The van der Waals surface area contributed by atoms with Crippen molar-refractivity contribution in [3.8, 4) is 0 Å². The Morgan fingerprint density at radius 2 is 1.07 bits per heavy atom. The van der Waals surface area contributed by atoms with Gasteiger partial charge in [0.25, 0.3) is 0 Å². The van der Waals surface area contributed by atoms with Crippen LogP contribution in [0.4, 0.5) is 0 Å². The molecule has 0 fully saturated rings. The van der Waals surface area contributed by atoms with Crippen LogP contribution >= 0.6 is 15.6 Å². The van der Waals surface area contributed by atoms with Gasteiger partial charge in [-0.1, -0.05) is 138 Å². The van der Waals surface area contributed by atoms with Crippen molar-refractivity contribution in [2.75, 3.05) is 26.4 Å². The molecule has 14 nitrogen and oxygen atoms in total. The number of phosphoric ester groups is 2. The zero-order chi connectivity index (χ0) is 44.6. The molecule has 4 atom stereocenters. The molecule has 0 aromatic carbocycles. The SMILES string of the molecule is CCCCC/C=C\C/C=C\CCCCCCCC(=O)O[C@H](COC(=O)CCC/C=C\C/C=C\C/C=C\C=C\[C@H](O)CCCCC)COP(=O)(O)OC[C@@H](O)COP(=O)(O)O. The molecule has 0 aromatic heterocycles. The molecule has 0 aliphatic carbocycles. The second kappa shape index (κ2) is 39.4. The Morgan fingerprint density at radius 3 is 1.72 bits per heavy atom. The Morgan fingerprint density at radius 1 is 0.550 bits per heavy atom. The largest absolute Gasteiger partial charge is 0.472 e. The number of unbranched alkanes of at least 4 members (excludes halogenated alkanes) is 11. The van der Waals surface area contributed by atoms with E-state index in [4.69, 9.17) is 23.8 Å². The van der Waals surface area contributed by atoms with Gasteiger partial charge >= 0.3 is 27.6 Å². The normalized spacial score (nSPS) is 15.2. The van der Waals surface area contributed by atoms with Crippen molar-refractivity contribution in [3.63, 3.8) is 0 Å². The van der Waals surface area contributed by atoms with Gasteiger partial charge in [0.1, 0.15) is 12.7 Å². The standard InChI is InChI=1S/C44H76O14P2/c1-3-5-7-8-9-10-11-12-13-14-17-21-24-27-31-35-44(48)58-42(39-57-60(52,53)56-37-41(46)36-55-59(49,50)51)38-54-43(47)34-30-26-23-20-18-15-16-19-22-25-29-33-40(45)32-28-6-4-2/h9-10,12-13,15-16,20,22-23,25,29,33,40-42,45-46H,3-8,11,14,17-19,21,24,26-28,30-32,34-39H2,1-2H3,(H,52,53)(H2,49,50,51)/b10-9-,13-12-,16-15-,23-20-,25-22-,33-29+/t40-,41+,42-/m1/s1. The van der Waals surface area contributed by atoms with Crippen LogP contribution in [0.25, 0.3) is 0 Å². The summed E-state index contributed by atoms with van der Waals surface area (Å²) >= 11 is 0. The molecule has 0 saturated heterocycles. The molecule has 346 valence electrons. The zero-order valence-corrected chi connectivity index (χ0v) is 37.9. The van der Waals surface area contributed by atoms with Crippen LogP contribution in [0.2, 0.25) is 0 Å². The van der Waals surface area contributed by atoms with Crippen molar-refractivity contribution >= 4 is 27.6 Å². The van der Waals surface area contributed by atoms with Gasteiger partial charge in [0, 0.05) is 12.8 Å². The number of hydrogen-bond acceptors (Lipinski definition) is 11. The van der Waals surface area contributed by atoms with E-state index in [-0.39, 0.29) is 12.8 Å². The Balaban J connectivity index is 4.68. The highest BCUT2D eigenvalue weighted by atomic mass is 31.2. The van der Waals surface area contributed by atoms with Crippen molar-refractivity contribution < 1.29 is 66.7 Å². The smallest absolute Gasteiger partial charge is 0.462 e. The lowest BCUT2D eigenvalue weighted by Gasteiger charge is -2.20. The monoisotopic (exact) mass is 890 g/mol. The molecule has 0 spiro atoms. The van der Waals surface area contributed by atoms with Crippen LogP contribution in [0, 0.1) is 0 Å². The highest BCUT2D eigenvalue weighted by molar-refractivity contribution is 7.47. The third-order valence-corrected chi connectivity index (χ3v) is 10.1. The third-order valence-electron chi connectivity index (χ3n) is 8.66. The second-order valence-electron chi connectivity index (χ2n) is 14.5. The van der Waals surface area contributed by atoms with Crippen molar-refractivity contribution in [2.45, 2.75) is 167 Å². The van der Waals surface area contributed by atoms with Crippen molar-refractivity contribution in [3.05, 3.63) is 72.9 Å². The van der Waals surface area contributed by atoms with E-state index in [1.165, 1.54) is 19.3 Å². The van der Waals surface area contributed by atoms with E-state index in [0.717, 1.165) is 83.5 Å². The molecular weight excluding hydrogens is 814 g/mol. The van der Waals surface area contributed by atoms with Gasteiger partial charge in [-0.2, -0.15) is 0 Å². The van der Waals surface area contributed by atoms with Crippen LogP contribution in [0.5, 0.6) is 0 Å². The molecule has 5 N–H and O–H groups in total. The van der Waals surface area contributed by atoms with Crippen LogP contribution in [0.15, 0.2) is 72.9 Å². The first-order valence-electron chi connectivity index (χ1n) is 21.7. The number of hydrogen-bond donors (Lipinski definition) is 5. The van der Waals surface area contributed by atoms with Gasteiger partial charge in [0.05, 0.1) is 25.9 Å². The molecule has 16 heteroatoms. The highest BCUT2D eigenvalue weighted by Crippen LogP contribution is 2.43. The average molecular weight is 891 g/mol. The fraction of sp³-hybridized carbons (Fsp3) is 0.682. The molecule has 1 unspecified atom stereocenters. The zero-order valence-electron chi connectivity index (χ0n) is 36.1. The number of carbonyl (C=O) groups excluding carboxylic acids is 2. The van der Waals surface area contributed by atoms with Crippen LogP contribution in [-0.2, 0) is 41.8 Å². The second-order valence-corrected chi connectivity index (χ2v) is 17.2. The maximum atomic E-state index is 12.6. The minimum absolute atomic E-state index is 0.0911.